The molecule has 0 amide bonds. The summed E-state index contributed by atoms with van der Waals surface area (Å²) in [6.45, 7) is 0.263. The number of methoxy groups -OCH3 is 1. The van der Waals surface area contributed by atoms with E-state index in [2.05, 4.69) is 4.98 Å². The zero-order chi connectivity index (χ0) is 19.2. The first-order valence-corrected chi connectivity index (χ1v) is 9.29. The summed E-state index contributed by atoms with van der Waals surface area (Å²) in [5, 5.41) is 10.3. The summed E-state index contributed by atoms with van der Waals surface area (Å²) in [5.41, 5.74) is 2.89. The average Bonchev–Trinajstić information content (AvgIpc) is 3.07. The third-order valence-corrected chi connectivity index (χ3v) is 5.07. The van der Waals surface area contributed by atoms with Gasteiger partial charge in [-0.3, -0.25) is 0 Å². The Morgan fingerprint density at radius 1 is 1.22 bits per heavy atom. The maximum Gasteiger partial charge on any atom is 0.337 e. The fraction of sp³-hybridized carbons (Fsp3) is 0.200. The number of ether oxygens (including phenoxy) is 1. The normalized spacial score (nSPS) is 10.8. The van der Waals surface area contributed by atoms with Gasteiger partial charge in [0.05, 0.1) is 37.7 Å². The molecule has 0 unspecified atom stereocenters. The van der Waals surface area contributed by atoms with Crippen LogP contribution in [0.15, 0.2) is 59.9 Å². The van der Waals surface area contributed by atoms with Gasteiger partial charge >= 0.3 is 5.97 Å². The van der Waals surface area contributed by atoms with Crippen molar-refractivity contribution in [3.63, 3.8) is 0 Å². The fourth-order valence-electron chi connectivity index (χ4n) is 2.67. The van der Waals surface area contributed by atoms with Gasteiger partial charge in [-0.25, -0.2) is 14.2 Å². The van der Waals surface area contributed by atoms with Gasteiger partial charge in [0.1, 0.15) is 5.82 Å². The number of rotatable bonds is 7. The molecule has 3 aromatic rings. The van der Waals surface area contributed by atoms with Crippen molar-refractivity contribution in [2.75, 3.05) is 7.11 Å². The van der Waals surface area contributed by atoms with Crippen molar-refractivity contribution >= 4 is 17.7 Å². The van der Waals surface area contributed by atoms with Gasteiger partial charge in [-0.1, -0.05) is 36.0 Å². The maximum absolute atomic E-state index is 13.5. The van der Waals surface area contributed by atoms with Gasteiger partial charge in [0.25, 0.3) is 0 Å². The topological polar surface area (TPSA) is 64.3 Å². The van der Waals surface area contributed by atoms with Crippen molar-refractivity contribution in [3.8, 4) is 0 Å². The Morgan fingerprint density at radius 3 is 2.74 bits per heavy atom. The number of esters is 1. The lowest BCUT2D eigenvalue weighted by molar-refractivity contribution is 0.0600. The fourth-order valence-corrected chi connectivity index (χ4v) is 3.61. The van der Waals surface area contributed by atoms with Crippen LogP contribution >= 0.6 is 11.8 Å². The van der Waals surface area contributed by atoms with Crippen LogP contribution in [0.1, 0.15) is 27.2 Å². The number of benzene rings is 2. The van der Waals surface area contributed by atoms with E-state index in [9.17, 15) is 14.3 Å². The lowest BCUT2D eigenvalue weighted by atomic mass is 10.1. The average molecular weight is 386 g/mol. The molecule has 0 radical (unpaired) electrons. The number of hydrogen-bond donors (Lipinski definition) is 1. The first-order chi connectivity index (χ1) is 13.1. The van der Waals surface area contributed by atoms with Gasteiger partial charge < -0.3 is 14.4 Å². The summed E-state index contributed by atoms with van der Waals surface area (Å²) >= 11 is 1.48. The third kappa shape index (κ3) is 4.75. The van der Waals surface area contributed by atoms with E-state index in [1.165, 1.54) is 31.0 Å². The van der Waals surface area contributed by atoms with Crippen molar-refractivity contribution in [1.82, 2.24) is 9.55 Å². The molecule has 1 heterocycles. The molecule has 0 aliphatic rings. The Bertz CT molecular complexity index is 942. The molecule has 0 saturated carbocycles. The number of aromatic nitrogens is 2. The Labute approximate surface area is 160 Å². The van der Waals surface area contributed by atoms with Crippen molar-refractivity contribution in [3.05, 3.63) is 82.9 Å². The highest BCUT2D eigenvalue weighted by Crippen LogP contribution is 2.25. The van der Waals surface area contributed by atoms with E-state index < -0.39 is 0 Å². The number of aliphatic hydroxyl groups is 1. The van der Waals surface area contributed by atoms with Crippen molar-refractivity contribution in [2.45, 2.75) is 24.1 Å². The molecule has 1 N–H and O–H groups in total. The molecule has 0 atom stereocenters. The van der Waals surface area contributed by atoms with Crippen molar-refractivity contribution < 1.29 is 19.0 Å². The SMILES string of the molecule is COC(=O)c1cccc(CSc2ncc(CO)n2Cc2cccc(F)c2)c1. The lowest BCUT2D eigenvalue weighted by Gasteiger charge is -2.11. The second-order valence-electron chi connectivity index (χ2n) is 5.89. The van der Waals surface area contributed by atoms with Gasteiger partial charge in [0.15, 0.2) is 5.16 Å². The number of hydrogen-bond acceptors (Lipinski definition) is 5. The number of thioether (sulfide) groups is 1. The molecule has 0 fully saturated rings. The van der Waals surface area contributed by atoms with Crippen LogP contribution in [0.5, 0.6) is 0 Å². The van der Waals surface area contributed by atoms with Crippen LogP contribution in [-0.4, -0.2) is 27.7 Å². The predicted octanol–water partition coefficient (Wildman–Crippen LogP) is 3.64. The van der Waals surface area contributed by atoms with Gasteiger partial charge in [0, 0.05) is 5.75 Å². The second kappa shape index (κ2) is 8.83. The van der Waals surface area contributed by atoms with Crippen LogP contribution in [-0.2, 0) is 23.6 Å². The molecule has 0 bridgehead atoms. The Kier molecular flexibility index (Phi) is 6.26. The molecule has 2 aromatic carbocycles. The summed E-state index contributed by atoms with van der Waals surface area (Å²) < 4.78 is 20.1. The minimum atomic E-state index is -0.378. The van der Waals surface area contributed by atoms with Crippen LogP contribution in [0.2, 0.25) is 0 Å². The van der Waals surface area contributed by atoms with Gasteiger partial charge in [-0.15, -0.1) is 0 Å². The monoisotopic (exact) mass is 386 g/mol. The minimum absolute atomic E-state index is 0.152. The molecule has 3 rings (SSSR count). The number of carbonyl (C=O) groups excluding carboxylic acids is 1. The molecule has 7 heteroatoms. The van der Waals surface area contributed by atoms with E-state index in [0.717, 1.165) is 11.1 Å². The molecule has 27 heavy (non-hydrogen) atoms. The number of nitrogens with zero attached hydrogens (tertiary/aromatic N) is 2. The van der Waals surface area contributed by atoms with Gasteiger partial charge in [0.2, 0.25) is 0 Å². The Balaban J connectivity index is 1.78. The van der Waals surface area contributed by atoms with Crippen LogP contribution < -0.4 is 0 Å². The van der Waals surface area contributed by atoms with E-state index in [4.69, 9.17) is 4.74 Å². The summed E-state index contributed by atoms with van der Waals surface area (Å²) in [7, 11) is 1.35. The van der Waals surface area contributed by atoms with Crippen LogP contribution in [0.25, 0.3) is 0 Å². The summed E-state index contributed by atoms with van der Waals surface area (Å²) in [6.07, 6.45) is 1.62. The molecule has 0 aliphatic carbocycles. The van der Waals surface area contributed by atoms with Crippen molar-refractivity contribution in [2.24, 2.45) is 0 Å². The van der Waals surface area contributed by atoms with E-state index >= 15 is 0 Å². The highest BCUT2D eigenvalue weighted by Gasteiger charge is 2.12. The highest BCUT2D eigenvalue weighted by atomic mass is 32.2. The van der Waals surface area contributed by atoms with Gasteiger partial charge in [-0.2, -0.15) is 0 Å². The summed E-state index contributed by atoms with van der Waals surface area (Å²) in [6, 6.07) is 13.6. The van der Waals surface area contributed by atoms with Crippen molar-refractivity contribution in [1.29, 1.82) is 0 Å². The summed E-state index contributed by atoms with van der Waals surface area (Å²) in [5.74, 6) is -0.0837. The quantitative estimate of drug-likeness (QED) is 0.496. The molecule has 0 spiro atoms. The largest absolute Gasteiger partial charge is 0.465 e. The molecule has 1 aromatic heterocycles. The van der Waals surface area contributed by atoms with Gasteiger partial charge in [-0.05, 0) is 35.4 Å². The second-order valence-corrected chi connectivity index (χ2v) is 6.83. The van der Waals surface area contributed by atoms with E-state index in [0.29, 0.717) is 28.7 Å². The molecule has 140 valence electrons. The molecule has 5 nitrogen and oxygen atoms in total. The summed E-state index contributed by atoms with van der Waals surface area (Å²) in [4.78, 5) is 16.0. The number of halogens is 1. The molecule has 0 saturated heterocycles. The first kappa shape index (κ1) is 19.1. The number of imidazole rings is 1. The number of aliphatic hydroxyl groups excluding tert-OH is 1. The maximum atomic E-state index is 13.5. The van der Waals surface area contributed by atoms with E-state index in [-0.39, 0.29) is 18.4 Å². The predicted molar refractivity (Wildman–Crippen MR) is 101 cm³/mol. The Morgan fingerprint density at radius 2 is 2.00 bits per heavy atom. The van der Waals surface area contributed by atoms with Crippen LogP contribution in [0.4, 0.5) is 4.39 Å². The van der Waals surface area contributed by atoms with E-state index in [1.54, 1.807) is 30.5 Å². The Hall–Kier alpha value is -2.64. The third-order valence-electron chi connectivity index (χ3n) is 4.01. The highest BCUT2D eigenvalue weighted by molar-refractivity contribution is 7.98. The molecular formula is C20H19FN2O3S. The smallest absolute Gasteiger partial charge is 0.337 e. The molecular weight excluding hydrogens is 367 g/mol. The molecule has 0 aliphatic heterocycles. The zero-order valence-electron chi connectivity index (χ0n) is 14.8. The first-order valence-electron chi connectivity index (χ1n) is 8.30. The van der Waals surface area contributed by atoms with Crippen LogP contribution in [0.3, 0.4) is 0 Å². The number of carbonyl (C=O) groups is 1. The zero-order valence-corrected chi connectivity index (χ0v) is 15.6. The standard InChI is InChI=1S/C20H19FN2O3S/c1-26-19(25)16-6-2-5-15(8-16)13-27-20-22-10-18(12-24)23(20)11-14-4-3-7-17(21)9-14/h2-10,24H,11-13H2,1H3. The minimum Gasteiger partial charge on any atom is -0.465 e. The van der Waals surface area contributed by atoms with E-state index in [1.807, 2.05) is 16.7 Å². The lowest BCUT2D eigenvalue weighted by Crippen LogP contribution is -2.06. The van der Waals surface area contributed by atoms with Crippen LogP contribution in [0, 0.1) is 5.82 Å².